The smallest absolute Gasteiger partial charge is 0.251 e. The number of carbonyl (C=O) groups is 1. The van der Waals surface area contributed by atoms with E-state index in [0.717, 1.165) is 62.5 Å². The Labute approximate surface area is 188 Å². The van der Waals surface area contributed by atoms with Gasteiger partial charge < -0.3 is 19.8 Å². The van der Waals surface area contributed by atoms with Crippen molar-refractivity contribution in [3.63, 3.8) is 0 Å². The zero-order valence-corrected chi connectivity index (χ0v) is 18.5. The Bertz CT molecular complexity index is 1090. The number of H-pyrrole nitrogens is 1. The lowest BCUT2D eigenvalue weighted by atomic mass is 9.95. The quantitative estimate of drug-likeness (QED) is 0.597. The molecule has 0 unspecified atom stereocenters. The lowest BCUT2D eigenvalue weighted by molar-refractivity contribution is 0.0322. The van der Waals surface area contributed by atoms with Crippen LogP contribution in [0.15, 0.2) is 42.5 Å². The SMILES string of the molecule is O=C(NCc1cccc(OCCN2CCOCC2)c1)c1ccc2[nH]c3c(c2c1)CCCC3. The first-order chi connectivity index (χ1) is 15.8. The fourth-order valence-corrected chi connectivity index (χ4v) is 4.69. The second-order valence-corrected chi connectivity index (χ2v) is 8.68. The van der Waals surface area contributed by atoms with E-state index in [9.17, 15) is 4.79 Å². The first kappa shape index (κ1) is 21.0. The van der Waals surface area contributed by atoms with E-state index in [0.29, 0.717) is 18.7 Å². The van der Waals surface area contributed by atoms with Gasteiger partial charge in [-0.1, -0.05) is 12.1 Å². The molecule has 6 nitrogen and oxygen atoms in total. The molecule has 0 bridgehead atoms. The van der Waals surface area contributed by atoms with Crippen molar-refractivity contribution >= 4 is 16.8 Å². The van der Waals surface area contributed by atoms with Crippen LogP contribution < -0.4 is 10.1 Å². The number of amides is 1. The Balaban J connectivity index is 1.17. The normalized spacial score (nSPS) is 16.6. The van der Waals surface area contributed by atoms with Crippen molar-refractivity contribution in [1.29, 1.82) is 0 Å². The van der Waals surface area contributed by atoms with Gasteiger partial charge in [0.2, 0.25) is 0 Å². The molecule has 1 aromatic heterocycles. The van der Waals surface area contributed by atoms with Gasteiger partial charge in [0.1, 0.15) is 12.4 Å². The Hall–Kier alpha value is -2.83. The number of morpholine rings is 1. The minimum atomic E-state index is -0.0451. The first-order valence-corrected chi connectivity index (χ1v) is 11.7. The predicted molar refractivity (Wildman–Crippen MR) is 125 cm³/mol. The molecule has 1 saturated heterocycles. The van der Waals surface area contributed by atoms with Crippen LogP contribution in [-0.4, -0.2) is 55.2 Å². The highest BCUT2D eigenvalue weighted by Crippen LogP contribution is 2.29. The van der Waals surface area contributed by atoms with E-state index in [2.05, 4.69) is 15.2 Å². The van der Waals surface area contributed by atoms with Crippen LogP contribution >= 0.6 is 0 Å². The highest BCUT2D eigenvalue weighted by molar-refractivity contribution is 5.99. The van der Waals surface area contributed by atoms with E-state index >= 15 is 0 Å². The summed E-state index contributed by atoms with van der Waals surface area (Å²) in [5.74, 6) is 0.793. The molecule has 1 fully saturated rings. The van der Waals surface area contributed by atoms with Gasteiger partial charge in [-0.25, -0.2) is 0 Å². The number of nitrogens with zero attached hydrogens (tertiary/aromatic N) is 1. The molecule has 0 atom stereocenters. The number of ether oxygens (including phenoxy) is 2. The summed E-state index contributed by atoms with van der Waals surface area (Å²) in [7, 11) is 0. The van der Waals surface area contributed by atoms with Crippen molar-refractivity contribution in [2.24, 2.45) is 0 Å². The Kier molecular flexibility index (Phi) is 6.41. The van der Waals surface area contributed by atoms with Gasteiger partial charge in [0.15, 0.2) is 0 Å². The van der Waals surface area contributed by atoms with Crippen LogP contribution in [0.3, 0.4) is 0 Å². The maximum absolute atomic E-state index is 12.8. The van der Waals surface area contributed by atoms with E-state index in [1.165, 1.54) is 29.5 Å². The summed E-state index contributed by atoms with van der Waals surface area (Å²) in [5.41, 5.74) is 5.61. The number of aryl methyl sites for hydroxylation is 2. The van der Waals surface area contributed by atoms with E-state index in [1.54, 1.807) is 0 Å². The number of benzene rings is 2. The van der Waals surface area contributed by atoms with E-state index in [1.807, 2.05) is 42.5 Å². The van der Waals surface area contributed by atoms with Gasteiger partial charge in [0.05, 0.1) is 13.2 Å². The summed E-state index contributed by atoms with van der Waals surface area (Å²) >= 11 is 0. The third-order valence-corrected chi connectivity index (χ3v) is 6.49. The van der Waals surface area contributed by atoms with Crippen LogP contribution in [0.4, 0.5) is 0 Å². The molecule has 2 N–H and O–H groups in total. The van der Waals surface area contributed by atoms with Gasteiger partial charge in [-0.3, -0.25) is 9.69 Å². The van der Waals surface area contributed by atoms with E-state index in [-0.39, 0.29) is 5.91 Å². The summed E-state index contributed by atoms with van der Waals surface area (Å²) in [6.45, 7) is 5.55. The molecule has 32 heavy (non-hydrogen) atoms. The van der Waals surface area contributed by atoms with Crippen molar-refractivity contribution in [3.8, 4) is 5.75 Å². The minimum Gasteiger partial charge on any atom is -0.492 e. The monoisotopic (exact) mass is 433 g/mol. The zero-order valence-electron chi connectivity index (χ0n) is 18.5. The van der Waals surface area contributed by atoms with Crippen LogP contribution in [-0.2, 0) is 24.1 Å². The number of aromatic nitrogens is 1. The second-order valence-electron chi connectivity index (χ2n) is 8.68. The molecular formula is C26H31N3O3. The Morgan fingerprint density at radius 3 is 2.88 bits per heavy atom. The molecule has 0 saturated carbocycles. The minimum absolute atomic E-state index is 0.0451. The van der Waals surface area contributed by atoms with Crippen molar-refractivity contribution in [3.05, 3.63) is 64.8 Å². The van der Waals surface area contributed by atoms with Crippen molar-refractivity contribution in [1.82, 2.24) is 15.2 Å². The van der Waals surface area contributed by atoms with Gasteiger partial charge in [-0.05, 0) is 67.1 Å². The molecule has 0 spiro atoms. The van der Waals surface area contributed by atoms with Crippen LogP contribution in [0.25, 0.3) is 10.9 Å². The maximum atomic E-state index is 12.8. The zero-order chi connectivity index (χ0) is 21.8. The van der Waals surface area contributed by atoms with Crippen LogP contribution in [0, 0.1) is 0 Å². The number of hydrogen-bond acceptors (Lipinski definition) is 4. The topological polar surface area (TPSA) is 66.6 Å². The van der Waals surface area contributed by atoms with Crippen LogP contribution in [0.2, 0.25) is 0 Å². The molecule has 3 aromatic rings. The summed E-state index contributed by atoms with van der Waals surface area (Å²) in [4.78, 5) is 18.7. The molecule has 1 aliphatic carbocycles. The number of hydrogen-bond donors (Lipinski definition) is 2. The van der Waals surface area contributed by atoms with E-state index in [4.69, 9.17) is 9.47 Å². The number of aromatic amines is 1. The maximum Gasteiger partial charge on any atom is 0.251 e. The Morgan fingerprint density at radius 1 is 1.09 bits per heavy atom. The third-order valence-electron chi connectivity index (χ3n) is 6.49. The number of carbonyl (C=O) groups excluding carboxylic acids is 1. The number of fused-ring (bicyclic) bond motifs is 3. The van der Waals surface area contributed by atoms with Crippen LogP contribution in [0.1, 0.15) is 40.0 Å². The second kappa shape index (κ2) is 9.76. The summed E-state index contributed by atoms with van der Waals surface area (Å²) in [6.07, 6.45) is 4.67. The molecule has 2 aliphatic rings. The molecule has 0 radical (unpaired) electrons. The van der Waals surface area contributed by atoms with Gasteiger partial charge in [-0.15, -0.1) is 0 Å². The number of rotatable bonds is 7. The summed E-state index contributed by atoms with van der Waals surface area (Å²) < 4.78 is 11.3. The fourth-order valence-electron chi connectivity index (χ4n) is 4.69. The lowest BCUT2D eigenvalue weighted by Gasteiger charge is -2.26. The number of nitrogens with one attached hydrogen (secondary N) is 2. The summed E-state index contributed by atoms with van der Waals surface area (Å²) in [5, 5.41) is 4.26. The van der Waals surface area contributed by atoms with Crippen molar-refractivity contribution in [2.45, 2.75) is 32.2 Å². The Morgan fingerprint density at radius 2 is 1.97 bits per heavy atom. The molecular weight excluding hydrogens is 402 g/mol. The fraction of sp³-hybridized carbons (Fsp3) is 0.423. The van der Waals surface area contributed by atoms with E-state index < -0.39 is 0 Å². The van der Waals surface area contributed by atoms with Gasteiger partial charge in [0.25, 0.3) is 5.91 Å². The molecule has 2 heterocycles. The van der Waals surface area contributed by atoms with Gasteiger partial charge in [-0.2, -0.15) is 0 Å². The molecule has 5 rings (SSSR count). The lowest BCUT2D eigenvalue weighted by Crippen LogP contribution is -2.38. The van der Waals surface area contributed by atoms with Crippen LogP contribution in [0.5, 0.6) is 5.75 Å². The molecule has 6 heteroatoms. The standard InChI is InChI=1S/C26H31N3O3/c30-26(20-8-9-25-23(17-20)22-6-1-2-7-24(22)28-25)27-18-19-4-3-5-21(16-19)32-15-12-29-10-13-31-14-11-29/h3-5,8-9,16-17,28H,1-2,6-7,10-15,18H2,(H,27,30). The molecule has 2 aromatic carbocycles. The predicted octanol–water partition coefficient (Wildman–Crippen LogP) is 3.69. The molecule has 1 aliphatic heterocycles. The highest BCUT2D eigenvalue weighted by Gasteiger charge is 2.17. The largest absolute Gasteiger partial charge is 0.492 e. The first-order valence-electron chi connectivity index (χ1n) is 11.7. The van der Waals surface area contributed by atoms with Crippen molar-refractivity contribution < 1.29 is 14.3 Å². The average molecular weight is 434 g/mol. The highest BCUT2D eigenvalue weighted by atomic mass is 16.5. The molecule has 168 valence electrons. The van der Waals surface area contributed by atoms with Crippen molar-refractivity contribution in [2.75, 3.05) is 39.5 Å². The third kappa shape index (κ3) is 4.81. The van der Waals surface area contributed by atoms with Gasteiger partial charge >= 0.3 is 0 Å². The summed E-state index contributed by atoms with van der Waals surface area (Å²) in [6, 6.07) is 13.9. The molecule has 1 amide bonds. The average Bonchev–Trinajstić information content (AvgIpc) is 3.21. The van der Waals surface area contributed by atoms with Gasteiger partial charge in [0, 0.05) is 48.3 Å².